The van der Waals surface area contributed by atoms with E-state index in [1.54, 1.807) is 0 Å². The summed E-state index contributed by atoms with van der Waals surface area (Å²) >= 11 is 5.04. The molecule has 0 radical (unpaired) electrons. The van der Waals surface area contributed by atoms with Gasteiger partial charge in [-0.2, -0.15) is 0 Å². The molecule has 0 amide bonds. The van der Waals surface area contributed by atoms with Crippen LogP contribution < -0.4 is 5.73 Å². The smallest absolute Gasteiger partial charge is 0.192 e. The molecule has 2 N–H and O–H groups in total. The lowest BCUT2D eigenvalue weighted by Crippen LogP contribution is -2.11. The fourth-order valence-electron chi connectivity index (χ4n) is 1.39. The van der Waals surface area contributed by atoms with Crippen LogP contribution in [0.4, 0.5) is 0 Å². The van der Waals surface area contributed by atoms with Gasteiger partial charge in [-0.1, -0.05) is 18.2 Å². The highest BCUT2D eigenvalue weighted by Crippen LogP contribution is 2.29. The van der Waals surface area contributed by atoms with Crippen LogP contribution in [0.1, 0.15) is 17.2 Å². The molecule has 2 rings (SSSR count). The molecular weight excluding hydrogens is 170 g/mol. The van der Waals surface area contributed by atoms with Crippen LogP contribution >= 0.6 is 12.2 Å². The van der Waals surface area contributed by atoms with Crippen molar-refractivity contribution in [3.63, 3.8) is 0 Å². The lowest BCUT2D eigenvalue weighted by Gasteiger charge is -2.06. The van der Waals surface area contributed by atoms with Crippen LogP contribution in [0.15, 0.2) is 24.3 Å². The standard InChI is InChI=1S/C9H9NOS/c10-5-8-6-3-1-2-4-7(6)9(12)11-8/h1-4,8H,5,10H2. The summed E-state index contributed by atoms with van der Waals surface area (Å²) in [7, 11) is 0. The maximum atomic E-state index is 5.53. The number of ether oxygens (including phenoxy) is 1. The summed E-state index contributed by atoms with van der Waals surface area (Å²) in [5, 5.41) is 0.570. The average Bonchev–Trinajstić information content (AvgIpc) is 2.44. The molecule has 0 bridgehead atoms. The van der Waals surface area contributed by atoms with Gasteiger partial charge in [0.25, 0.3) is 0 Å². The Labute approximate surface area is 76.3 Å². The molecule has 1 atom stereocenters. The number of rotatable bonds is 1. The van der Waals surface area contributed by atoms with E-state index in [4.69, 9.17) is 22.7 Å². The molecule has 0 aliphatic carbocycles. The summed E-state index contributed by atoms with van der Waals surface area (Å²) in [5.41, 5.74) is 7.66. The number of nitrogens with two attached hydrogens (primary N) is 1. The molecule has 0 spiro atoms. The maximum Gasteiger partial charge on any atom is 0.192 e. The summed E-state index contributed by atoms with van der Waals surface area (Å²) in [6.07, 6.45) is -0.0336. The zero-order valence-electron chi connectivity index (χ0n) is 6.49. The molecule has 0 aromatic heterocycles. The Morgan fingerprint density at radius 1 is 1.42 bits per heavy atom. The van der Waals surface area contributed by atoms with Gasteiger partial charge in [-0.05, 0) is 18.3 Å². The molecule has 3 heteroatoms. The van der Waals surface area contributed by atoms with Crippen molar-refractivity contribution in [2.45, 2.75) is 6.10 Å². The second-order valence-electron chi connectivity index (χ2n) is 2.72. The second kappa shape index (κ2) is 2.84. The van der Waals surface area contributed by atoms with Gasteiger partial charge in [-0.25, -0.2) is 0 Å². The quantitative estimate of drug-likeness (QED) is 0.662. The third-order valence-corrected chi connectivity index (χ3v) is 2.31. The van der Waals surface area contributed by atoms with Crippen molar-refractivity contribution in [1.29, 1.82) is 0 Å². The molecule has 12 heavy (non-hydrogen) atoms. The summed E-state index contributed by atoms with van der Waals surface area (Å²) in [5.74, 6) is 0. The van der Waals surface area contributed by atoms with Gasteiger partial charge in [0, 0.05) is 17.7 Å². The fraction of sp³-hybridized carbons (Fsp3) is 0.222. The lowest BCUT2D eigenvalue weighted by molar-refractivity contribution is 0.224. The molecule has 1 heterocycles. The van der Waals surface area contributed by atoms with Gasteiger partial charge in [0.15, 0.2) is 5.05 Å². The van der Waals surface area contributed by atoms with E-state index in [0.717, 1.165) is 11.1 Å². The van der Waals surface area contributed by atoms with Gasteiger partial charge in [0.05, 0.1) is 0 Å². The third kappa shape index (κ3) is 1.02. The van der Waals surface area contributed by atoms with Crippen LogP contribution in [0.25, 0.3) is 0 Å². The lowest BCUT2D eigenvalue weighted by atomic mass is 10.1. The van der Waals surface area contributed by atoms with E-state index < -0.39 is 0 Å². The molecule has 1 unspecified atom stereocenters. The number of hydrogen-bond acceptors (Lipinski definition) is 3. The number of hydrogen-bond donors (Lipinski definition) is 1. The SMILES string of the molecule is NCC1OC(=S)c2ccccc21. The van der Waals surface area contributed by atoms with Crippen LogP contribution in [0.2, 0.25) is 0 Å². The molecule has 0 saturated heterocycles. The zero-order chi connectivity index (χ0) is 8.55. The van der Waals surface area contributed by atoms with Crippen LogP contribution in [-0.2, 0) is 4.74 Å². The molecule has 0 fully saturated rings. The highest BCUT2D eigenvalue weighted by molar-refractivity contribution is 7.80. The minimum absolute atomic E-state index is 0.0336. The number of thiocarbonyl (C=S) groups is 1. The van der Waals surface area contributed by atoms with Gasteiger partial charge < -0.3 is 10.5 Å². The van der Waals surface area contributed by atoms with Gasteiger partial charge in [-0.3, -0.25) is 0 Å². The zero-order valence-corrected chi connectivity index (χ0v) is 7.30. The highest BCUT2D eigenvalue weighted by Gasteiger charge is 2.25. The predicted molar refractivity (Wildman–Crippen MR) is 51.0 cm³/mol. The van der Waals surface area contributed by atoms with E-state index in [1.165, 1.54) is 0 Å². The molecule has 1 aromatic rings. The van der Waals surface area contributed by atoms with E-state index >= 15 is 0 Å². The first kappa shape index (κ1) is 7.71. The Hall–Kier alpha value is -0.930. The summed E-state index contributed by atoms with van der Waals surface area (Å²) in [4.78, 5) is 0. The maximum absolute atomic E-state index is 5.53. The Kier molecular flexibility index (Phi) is 1.83. The van der Waals surface area contributed by atoms with E-state index in [0.29, 0.717) is 11.6 Å². The first-order valence-electron chi connectivity index (χ1n) is 3.83. The van der Waals surface area contributed by atoms with Crippen LogP contribution in [0.3, 0.4) is 0 Å². The van der Waals surface area contributed by atoms with E-state index in [1.807, 2.05) is 24.3 Å². The van der Waals surface area contributed by atoms with Crippen molar-refractivity contribution < 1.29 is 4.74 Å². The monoisotopic (exact) mass is 179 g/mol. The topological polar surface area (TPSA) is 35.2 Å². The van der Waals surface area contributed by atoms with E-state index in [-0.39, 0.29) is 6.10 Å². The van der Waals surface area contributed by atoms with Crippen molar-refractivity contribution in [1.82, 2.24) is 0 Å². The number of fused-ring (bicyclic) bond motifs is 1. The van der Waals surface area contributed by atoms with Crippen molar-refractivity contribution in [3.05, 3.63) is 35.4 Å². The molecule has 0 saturated carbocycles. The molecule has 2 nitrogen and oxygen atoms in total. The third-order valence-electron chi connectivity index (χ3n) is 1.99. The second-order valence-corrected chi connectivity index (χ2v) is 3.09. The van der Waals surface area contributed by atoms with Crippen LogP contribution in [-0.4, -0.2) is 11.6 Å². The van der Waals surface area contributed by atoms with Crippen molar-refractivity contribution in [2.24, 2.45) is 5.73 Å². The largest absolute Gasteiger partial charge is 0.473 e. The van der Waals surface area contributed by atoms with Gasteiger partial charge in [0.2, 0.25) is 0 Å². The Balaban J connectivity index is 2.50. The minimum atomic E-state index is -0.0336. The predicted octanol–water partition coefficient (Wildman–Crippen LogP) is 1.39. The summed E-state index contributed by atoms with van der Waals surface area (Å²) in [6, 6.07) is 7.89. The molecule has 1 aliphatic heterocycles. The Morgan fingerprint density at radius 2 is 2.17 bits per heavy atom. The van der Waals surface area contributed by atoms with Crippen molar-refractivity contribution in [3.8, 4) is 0 Å². The average molecular weight is 179 g/mol. The Bertz CT molecular complexity index is 324. The van der Waals surface area contributed by atoms with E-state index in [9.17, 15) is 0 Å². The van der Waals surface area contributed by atoms with Crippen molar-refractivity contribution >= 4 is 17.3 Å². The Morgan fingerprint density at radius 3 is 2.92 bits per heavy atom. The highest BCUT2D eigenvalue weighted by atomic mass is 32.1. The summed E-state index contributed by atoms with van der Waals surface area (Å²) in [6.45, 7) is 0.483. The molecule has 62 valence electrons. The first-order valence-corrected chi connectivity index (χ1v) is 4.23. The van der Waals surface area contributed by atoms with Crippen molar-refractivity contribution in [2.75, 3.05) is 6.54 Å². The minimum Gasteiger partial charge on any atom is -0.473 e. The molecular formula is C9H9NOS. The molecule has 1 aliphatic rings. The van der Waals surface area contributed by atoms with Gasteiger partial charge in [0.1, 0.15) is 6.10 Å². The van der Waals surface area contributed by atoms with Crippen LogP contribution in [0, 0.1) is 0 Å². The van der Waals surface area contributed by atoms with Gasteiger partial charge in [-0.15, -0.1) is 0 Å². The van der Waals surface area contributed by atoms with Crippen LogP contribution in [0.5, 0.6) is 0 Å². The fourth-order valence-corrected chi connectivity index (χ4v) is 1.70. The summed E-state index contributed by atoms with van der Waals surface area (Å²) < 4.78 is 5.39. The van der Waals surface area contributed by atoms with Gasteiger partial charge >= 0.3 is 0 Å². The van der Waals surface area contributed by atoms with E-state index in [2.05, 4.69) is 0 Å². The molecule has 1 aromatic carbocycles. The normalized spacial score (nSPS) is 20.4. The first-order chi connectivity index (χ1) is 5.83. The number of benzene rings is 1.